The molecule has 0 spiro atoms. The lowest BCUT2D eigenvalue weighted by Gasteiger charge is -2.24. The Morgan fingerprint density at radius 1 is 1.29 bits per heavy atom. The number of H-pyrrole nitrogens is 1. The molecule has 3 N–H and O–H groups in total. The molecule has 3 aliphatic heterocycles. The predicted octanol–water partition coefficient (Wildman–Crippen LogP) is 0.810. The lowest BCUT2D eigenvalue weighted by atomic mass is 10.0. The number of carbonyl (C=O) groups is 2. The van der Waals surface area contributed by atoms with Gasteiger partial charge >= 0.3 is 6.03 Å². The number of aromatic amines is 1. The molecule has 1 aromatic heterocycles. The molecule has 3 amide bonds. The predicted molar refractivity (Wildman–Crippen MR) is 91.0 cm³/mol. The summed E-state index contributed by atoms with van der Waals surface area (Å²) in [6.07, 6.45) is 5.29. The van der Waals surface area contributed by atoms with E-state index in [1.165, 1.54) is 0 Å². The maximum atomic E-state index is 12.5. The van der Waals surface area contributed by atoms with Crippen LogP contribution in [-0.2, 0) is 11.2 Å². The van der Waals surface area contributed by atoms with Gasteiger partial charge in [-0.05, 0) is 25.7 Å². The van der Waals surface area contributed by atoms with E-state index in [-0.39, 0.29) is 24.0 Å². The van der Waals surface area contributed by atoms with E-state index in [0.717, 1.165) is 50.1 Å². The Morgan fingerprint density at radius 3 is 3.12 bits per heavy atom. The topological polar surface area (TPSA) is 103 Å². The first-order valence-corrected chi connectivity index (χ1v) is 9.66. The highest BCUT2D eigenvalue weighted by Crippen LogP contribution is 2.33. The fourth-order valence-corrected chi connectivity index (χ4v) is 5.33. The summed E-state index contributed by atoms with van der Waals surface area (Å²) in [4.78, 5) is 25.6. The second-order valence-electron chi connectivity index (χ2n) is 6.61. The van der Waals surface area contributed by atoms with Crippen LogP contribution in [0.3, 0.4) is 0 Å². The van der Waals surface area contributed by atoms with Gasteiger partial charge in [0.15, 0.2) is 5.82 Å². The summed E-state index contributed by atoms with van der Waals surface area (Å²) in [6.45, 7) is 0.734. The largest absolute Gasteiger partial charge is 0.332 e. The average molecular weight is 350 g/mol. The van der Waals surface area contributed by atoms with Crippen molar-refractivity contribution in [1.29, 1.82) is 0 Å². The number of hydrogen-bond donors (Lipinski definition) is 3. The third-order valence-electron chi connectivity index (χ3n) is 5.02. The number of carbonyl (C=O) groups excluding carboxylic acids is 2. The van der Waals surface area contributed by atoms with Crippen LogP contribution in [0.15, 0.2) is 0 Å². The van der Waals surface area contributed by atoms with Crippen molar-refractivity contribution in [3.05, 3.63) is 5.69 Å². The number of nitrogens with zero attached hydrogens (tertiary/aromatic N) is 3. The molecule has 24 heavy (non-hydrogen) atoms. The second kappa shape index (κ2) is 6.62. The minimum Gasteiger partial charge on any atom is -0.332 e. The number of thioether (sulfide) groups is 1. The third kappa shape index (κ3) is 2.97. The van der Waals surface area contributed by atoms with Crippen LogP contribution in [0.1, 0.15) is 37.8 Å². The van der Waals surface area contributed by atoms with E-state index in [1.54, 1.807) is 4.90 Å². The molecule has 3 aliphatic rings. The highest BCUT2D eigenvalue weighted by atomic mass is 32.2. The fraction of sp³-hybridized carbons (Fsp3) is 0.733. The normalized spacial score (nSPS) is 28.2. The van der Waals surface area contributed by atoms with Crippen molar-refractivity contribution in [3.8, 4) is 0 Å². The maximum absolute atomic E-state index is 12.5. The molecule has 2 fully saturated rings. The van der Waals surface area contributed by atoms with Crippen molar-refractivity contribution >= 4 is 29.5 Å². The molecular weight excluding hydrogens is 328 g/mol. The van der Waals surface area contributed by atoms with Gasteiger partial charge in [-0.1, -0.05) is 6.42 Å². The molecule has 9 heteroatoms. The number of amides is 3. The van der Waals surface area contributed by atoms with E-state index >= 15 is 0 Å². The fourth-order valence-electron chi connectivity index (χ4n) is 3.78. The minimum absolute atomic E-state index is 0.0426. The standard InChI is InChI=1S/C15H22N6O2S/c22-12(21-7-3-4-9-14(21)19-20-18-9)6-2-1-5-11-13-10(8-24-11)16-15(23)17-13/h10-11,13H,1-8H2,(H2,16,17,23)(H,18,19,20)/t10-,11-,13-/m0/s1. The summed E-state index contributed by atoms with van der Waals surface area (Å²) in [6, 6.07) is 0.477. The molecule has 4 heterocycles. The minimum atomic E-state index is -0.0426. The van der Waals surface area contributed by atoms with E-state index < -0.39 is 0 Å². The lowest BCUT2D eigenvalue weighted by Crippen LogP contribution is -2.37. The number of rotatable bonds is 5. The molecular formula is C15H22N6O2S. The van der Waals surface area contributed by atoms with Crippen molar-refractivity contribution in [2.24, 2.45) is 0 Å². The van der Waals surface area contributed by atoms with Gasteiger partial charge in [0, 0.05) is 24.0 Å². The summed E-state index contributed by atoms with van der Waals surface area (Å²) in [5.41, 5.74) is 0.896. The van der Waals surface area contributed by atoms with E-state index in [4.69, 9.17) is 0 Å². The molecule has 1 aromatic rings. The Morgan fingerprint density at radius 2 is 2.21 bits per heavy atom. The van der Waals surface area contributed by atoms with Crippen LogP contribution >= 0.6 is 11.8 Å². The van der Waals surface area contributed by atoms with Crippen LogP contribution in [0.25, 0.3) is 0 Å². The molecule has 8 nitrogen and oxygen atoms in total. The first-order chi connectivity index (χ1) is 11.7. The highest BCUT2D eigenvalue weighted by Gasteiger charge is 2.42. The number of hydrogen-bond acceptors (Lipinski definition) is 5. The third-order valence-corrected chi connectivity index (χ3v) is 6.53. The smallest absolute Gasteiger partial charge is 0.315 e. The van der Waals surface area contributed by atoms with Crippen LogP contribution in [-0.4, -0.2) is 57.0 Å². The van der Waals surface area contributed by atoms with Crippen molar-refractivity contribution in [2.75, 3.05) is 17.2 Å². The first kappa shape index (κ1) is 15.7. The molecule has 0 radical (unpaired) electrons. The van der Waals surface area contributed by atoms with E-state index in [9.17, 15) is 9.59 Å². The highest BCUT2D eigenvalue weighted by molar-refractivity contribution is 8.00. The van der Waals surface area contributed by atoms with Crippen LogP contribution in [0.5, 0.6) is 0 Å². The molecule has 4 rings (SSSR count). The Hall–Kier alpha value is -1.77. The summed E-state index contributed by atoms with van der Waals surface area (Å²) in [5, 5.41) is 17.3. The molecule has 0 bridgehead atoms. The van der Waals surface area contributed by atoms with E-state index in [2.05, 4.69) is 26.0 Å². The zero-order valence-electron chi connectivity index (χ0n) is 13.5. The second-order valence-corrected chi connectivity index (χ2v) is 7.88. The van der Waals surface area contributed by atoms with E-state index in [0.29, 0.717) is 17.5 Å². The van der Waals surface area contributed by atoms with Crippen molar-refractivity contribution < 1.29 is 9.59 Å². The van der Waals surface area contributed by atoms with Gasteiger partial charge in [0.1, 0.15) is 5.69 Å². The zero-order chi connectivity index (χ0) is 16.5. The van der Waals surface area contributed by atoms with Gasteiger partial charge in [0.05, 0.1) is 12.1 Å². The summed E-state index contributed by atoms with van der Waals surface area (Å²) in [7, 11) is 0. The molecule has 3 atom stereocenters. The van der Waals surface area contributed by atoms with E-state index in [1.807, 2.05) is 11.8 Å². The number of unbranched alkanes of at least 4 members (excludes halogenated alkanes) is 1. The zero-order valence-corrected chi connectivity index (χ0v) is 14.3. The van der Waals surface area contributed by atoms with Crippen molar-refractivity contribution in [2.45, 2.75) is 55.9 Å². The maximum Gasteiger partial charge on any atom is 0.315 e. The number of urea groups is 1. The van der Waals surface area contributed by atoms with Crippen LogP contribution < -0.4 is 15.5 Å². The van der Waals surface area contributed by atoms with Gasteiger partial charge in [-0.15, -0.1) is 5.10 Å². The number of anilines is 1. The Bertz CT molecular complexity index is 635. The molecule has 0 aliphatic carbocycles. The summed E-state index contributed by atoms with van der Waals surface area (Å²) >= 11 is 1.92. The van der Waals surface area contributed by atoms with Gasteiger partial charge in [0.25, 0.3) is 0 Å². The number of fused-ring (bicyclic) bond motifs is 2. The number of nitrogens with one attached hydrogen (secondary N) is 3. The molecule has 0 aromatic carbocycles. The van der Waals surface area contributed by atoms with Gasteiger partial charge in [-0.25, -0.2) is 4.79 Å². The molecule has 2 saturated heterocycles. The molecule has 130 valence electrons. The summed E-state index contributed by atoms with van der Waals surface area (Å²) in [5.74, 6) is 1.83. The number of aryl methyl sites for hydroxylation is 1. The lowest BCUT2D eigenvalue weighted by molar-refractivity contribution is -0.118. The van der Waals surface area contributed by atoms with Crippen molar-refractivity contribution in [1.82, 2.24) is 26.0 Å². The average Bonchev–Trinajstić information content (AvgIpc) is 3.26. The SMILES string of the molecule is O=C1N[C@H]2[C@H](CS[C@H]2CCCCC(=O)N2CCCc3n[nH]nc32)N1. The summed E-state index contributed by atoms with van der Waals surface area (Å²) < 4.78 is 0. The monoisotopic (exact) mass is 350 g/mol. The van der Waals surface area contributed by atoms with Gasteiger partial charge in [0.2, 0.25) is 5.91 Å². The first-order valence-electron chi connectivity index (χ1n) is 8.61. The van der Waals surface area contributed by atoms with Gasteiger partial charge < -0.3 is 10.6 Å². The quantitative estimate of drug-likeness (QED) is 0.539. The Labute approximate surface area is 144 Å². The molecule has 0 unspecified atom stereocenters. The van der Waals surface area contributed by atoms with Gasteiger partial charge in [-0.2, -0.15) is 22.1 Å². The van der Waals surface area contributed by atoms with Crippen LogP contribution in [0.4, 0.5) is 10.6 Å². The Kier molecular flexibility index (Phi) is 4.34. The van der Waals surface area contributed by atoms with Crippen LogP contribution in [0, 0.1) is 0 Å². The molecule has 0 saturated carbocycles. The Balaban J connectivity index is 1.22. The van der Waals surface area contributed by atoms with Crippen molar-refractivity contribution in [3.63, 3.8) is 0 Å². The number of aromatic nitrogens is 3. The van der Waals surface area contributed by atoms with Crippen LogP contribution in [0.2, 0.25) is 0 Å². The van der Waals surface area contributed by atoms with Gasteiger partial charge in [-0.3, -0.25) is 9.69 Å².